The lowest BCUT2D eigenvalue weighted by atomic mass is 10.1. The molecule has 0 bridgehead atoms. The average Bonchev–Trinajstić information content (AvgIpc) is 2.66. The van der Waals surface area contributed by atoms with Crippen molar-refractivity contribution in [3.8, 4) is 11.5 Å². The van der Waals surface area contributed by atoms with E-state index in [2.05, 4.69) is 23.6 Å². The summed E-state index contributed by atoms with van der Waals surface area (Å²) in [6.45, 7) is 2.90. The molecule has 2 aromatic rings. The number of ether oxygens (including phenoxy) is 2. The van der Waals surface area contributed by atoms with Crippen LogP contribution in [0.1, 0.15) is 28.4 Å². The Kier molecular flexibility index (Phi) is 6.83. The molecule has 0 saturated heterocycles. The maximum atomic E-state index is 11.5. The normalized spacial score (nSPS) is 11.7. The third kappa shape index (κ3) is 5.22. The molecule has 0 aliphatic heterocycles. The van der Waals surface area contributed by atoms with Crippen LogP contribution in [-0.4, -0.2) is 33.2 Å². The topological polar surface area (TPSA) is 59.6 Å². The SMILES string of the molecule is CNC(=O)c1ccc(CNC(C)Cc2ccc(OC)c(OC)c2)cc1. The van der Waals surface area contributed by atoms with Gasteiger partial charge in [0.15, 0.2) is 11.5 Å². The van der Waals surface area contributed by atoms with Crippen LogP contribution in [0.25, 0.3) is 0 Å². The number of carbonyl (C=O) groups excluding carboxylic acids is 1. The maximum absolute atomic E-state index is 11.5. The van der Waals surface area contributed by atoms with Crippen molar-refractivity contribution in [2.24, 2.45) is 0 Å². The second-order valence-corrected chi connectivity index (χ2v) is 5.95. The molecule has 134 valence electrons. The molecule has 0 radical (unpaired) electrons. The van der Waals surface area contributed by atoms with E-state index >= 15 is 0 Å². The van der Waals surface area contributed by atoms with Crippen LogP contribution in [0, 0.1) is 0 Å². The van der Waals surface area contributed by atoms with Gasteiger partial charge in [-0.05, 0) is 48.7 Å². The van der Waals surface area contributed by atoms with Gasteiger partial charge >= 0.3 is 0 Å². The smallest absolute Gasteiger partial charge is 0.251 e. The first kappa shape index (κ1) is 18.8. The highest BCUT2D eigenvalue weighted by Crippen LogP contribution is 2.27. The van der Waals surface area contributed by atoms with Crippen LogP contribution >= 0.6 is 0 Å². The standard InChI is InChI=1S/C20H26N2O3/c1-14(11-16-7-10-18(24-3)19(12-16)25-4)22-13-15-5-8-17(9-6-15)20(23)21-2/h5-10,12,14,22H,11,13H2,1-4H3,(H,21,23). The molecule has 25 heavy (non-hydrogen) atoms. The summed E-state index contributed by atoms with van der Waals surface area (Å²) in [6, 6.07) is 13.9. The van der Waals surface area contributed by atoms with Crippen molar-refractivity contribution in [2.75, 3.05) is 21.3 Å². The summed E-state index contributed by atoms with van der Waals surface area (Å²) >= 11 is 0. The number of hydrogen-bond donors (Lipinski definition) is 2. The lowest BCUT2D eigenvalue weighted by molar-refractivity contribution is 0.0963. The molecule has 0 fully saturated rings. The summed E-state index contributed by atoms with van der Waals surface area (Å²) in [5, 5.41) is 6.13. The lowest BCUT2D eigenvalue weighted by Gasteiger charge is -2.15. The Labute approximate surface area is 149 Å². The molecule has 0 aliphatic carbocycles. The van der Waals surface area contributed by atoms with Crippen LogP contribution in [0.4, 0.5) is 0 Å². The van der Waals surface area contributed by atoms with Crippen molar-refractivity contribution >= 4 is 5.91 Å². The van der Waals surface area contributed by atoms with Crippen LogP contribution in [0.15, 0.2) is 42.5 Å². The number of benzene rings is 2. The second-order valence-electron chi connectivity index (χ2n) is 5.95. The number of methoxy groups -OCH3 is 2. The molecule has 0 saturated carbocycles. The number of carbonyl (C=O) groups is 1. The van der Waals surface area contributed by atoms with Gasteiger partial charge in [0.1, 0.15) is 0 Å². The third-order valence-electron chi connectivity index (χ3n) is 4.09. The quantitative estimate of drug-likeness (QED) is 0.774. The molecule has 0 heterocycles. The summed E-state index contributed by atoms with van der Waals surface area (Å²) in [5.74, 6) is 1.42. The summed E-state index contributed by atoms with van der Waals surface area (Å²) in [6.07, 6.45) is 0.886. The number of rotatable bonds is 8. The fraction of sp³-hybridized carbons (Fsp3) is 0.350. The van der Waals surface area contributed by atoms with Crippen LogP contribution in [0.3, 0.4) is 0 Å². The predicted molar refractivity (Wildman–Crippen MR) is 99.4 cm³/mol. The molecule has 5 heteroatoms. The van der Waals surface area contributed by atoms with E-state index in [1.165, 1.54) is 5.56 Å². The summed E-state index contributed by atoms with van der Waals surface area (Å²) < 4.78 is 10.6. The lowest BCUT2D eigenvalue weighted by Crippen LogP contribution is -2.27. The molecule has 0 aromatic heterocycles. The molecule has 2 aromatic carbocycles. The Balaban J connectivity index is 1.90. The summed E-state index contributed by atoms with van der Waals surface area (Å²) in [7, 11) is 4.91. The highest BCUT2D eigenvalue weighted by molar-refractivity contribution is 5.93. The van der Waals surface area contributed by atoms with Crippen molar-refractivity contribution in [3.63, 3.8) is 0 Å². The molecule has 2 N–H and O–H groups in total. The zero-order valence-corrected chi connectivity index (χ0v) is 15.3. The van der Waals surface area contributed by atoms with Gasteiger partial charge in [0.25, 0.3) is 5.91 Å². The van der Waals surface area contributed by atoms with E-state index in [1.54, 1.807) is 21.3 Å². The molecule has 0 spiro atoms. The molecule has 1 atom stereocenters. The van der Waals surface area contributed by atoms with Gasteiger partial charge in [-0.15, -0.1) is 0 Å². The molecular formula is C20H26N2O3. The van der Waals surface area contributed by atoms with Crippen LogP contribution in [0.2, 0.25) is 0 Å². The van der Waals surface area contributed by atoms with E-state index in [0.717, 1.165) is 30.0 Å². The monoisotopic (exact) mass is 342 g/mol. The maximum Gasteiger partial charge on any atom is 0.251 e. The molecule has 1 amide bonds. The van der Waals surface area contributed by atoms with Crippen LogP contribution in [0.5, 0.6) is 11.5 Å². The van der Waals surface area contributed by atoms with Gasteiger partial charge in [-0.1, -0.05) is 18.2 Å². The Morgan fingerprint density at radius 3 is 2.24 bits per heavy atom. The van der Waals surface area contributed by atoms with Gasteiger partial charge in [0.05, 0.1) is 14.2 Å². The minimum Gasteiger partial charge on any atom is -0.493 e. The van der Waals surface area contributed by atoms with Gasteiger partial charge < -0.3 is 20.1 Å². The first-order valence-corrected chi connectivity index (χ1v) is 8.32. The largest absolute Gasteiger partial charge is 0.493 e. The fourth-order valence-electron chi connectivity index (χ4n) is 2.64. The minimum absolute atomic E-state index is 0.0682. The van der Waals surface area contributed by atoms with Crippen molar-refractivity contribution in [1.82, 2.24) is 10.6 Å². The molecule has 1 unspecified atom stereocenters. The Bertz CT molecular complexity index is 699. The molecule has 2 rings (SSSR count). The van der Waals surface area contributed by atoms with E-state index in [4.69, 9.17) is 9.47 Å². The van der Waals surface area contributed by atoms with Gasteiger partial charge in [0.2, 0.25) is 0 Å². The van der Waals surface area contributed by atoms with E-state index in [1.807, 2.05) is 36.4 Å². The van der Waals surface area contributed by atoms with Crippen LogP contribution < -0.4 is 20.1 Å². The Morgan fingerprint density at radius 2 is 1.64 bits per heavy atom. The zero-order chi connectivity index (χ0) is 18.2. The van der Waals surface area contributed by atoms with Crippen molar-refractivity contribution < 1.29 is 14.3 Å². The fourth-order valence-corrected chi connectivity index (χ4v) is 2.64. The van der Waals surface area contributed by atoms with Gasteiger partial charge in [-0.2, -0.15) is 0 Å². The van der Waals surface area contributed by atoms with E-state index in [0.29, 0.717) is 11.6 Å². The van der Waals surface area contributed by atoms with Crippen LogP contribution in [-0.2, 0) is 13.0 Å². The first-order valence-electron chi connectivity index (χ1n) is 8.32. The third-order valence-corrected chi connectivity index (χ3v) is 4.09. The highest BCUT2D eigenvalue weighted by Gasteiger charge is 2.08. The number of hydrogen-bond acceptors (Lipinski definition) is 4. The molecular weight excluding hydrogens is 316 g/mol. The van der Waals surface area contributed by atoms with Gasteiger partial charge in [-0.25, -0.2) is 0 Å². The Morgan fingerprint density at radius 1 is 1.00 bits per heavy atom. The number of amides is 1. The summed E-state index contributed by atoms with van der Waals surface area (Å²) in [4.78, 5) is 11.5. The average molecular weight is 342 g/mol. The molecule has 5 nitrogen and oxygen atoms in total. The zero-order valence-electron chi connectivity index (χ0n) is 15.3. The highest BCUT2D eigenvalue weighted by atomic mass is 16.5. The van der Waals surface area contributed by atoms with E-state index in [-0.39, 0.29) is 5.91 Å². The van der Waals surface area contributed by atoms with Gasteiger partial charge in [-0.3, -0.25) is 4.79 Å². The minimum atomic E-state index is -0.0682. The van der Waals surface area contributed by atoms with Crippen molar-refractivity contribution in [2.45, 2.75) is 25.9 Å². The summed E-state index contributed by atoms with van der Waals surface area (Å²) in [5.41, 5.74) is 3.00. The predicted octanol–water partition coefficient (Wildman–Crippen LogP) is 2.78. The molecule has 0 aliphatic rings. The second kappa shape index (κ2) is 9.08. The van der Waals surface area contributed by atoms with Crippen molar-refractivity contribution in [1.29, 1.82) is 0 Å². The first-order chi connectivity index (χ1) is 12.1. The van der Waals surface area contributed by atoms with Gasteiger partial charge in [0, 0.05) is 25.2 Å². The Hall–Kier alpha value is -2.53. The van der Waals surface area contributed by atoms with E-state index < -0.39 is 0 Å². The van der Waals surface area contributed by atoms with E-state index in [9.17, 15) is 4.79 Å². The number of nitrogens with one attached hydrogen (secondary N) is 2. The van der Waals surface area contributed by atoms with Crippen molar-refractivity contribution in [3.05, 3.63) is 59.2 Å².